The number of carbonyl (C=O) groups excluding carboxylic acids is 2. The van der Waals surface area contributed by atoms with Crippen molar-refractivity contribution in [3.05, 3.63) is 65.5 Å². The molecule has 192 valence electrons. The summed E-state index contributed by atoms with van der Waals surface area (Å²) < 4.78 is 39.7. The van der Waals surface area contributed by atoms with Gasteiger partial charge in [0, 0.05) is 12.6 Å². The third-order valence-electron chi connectivity index (χ3n) is 5.56. The summed E-state index contributed by atoms with van der Waals surface area (Å²) in [7, 11) is -3.80. The van der Waals surface area contributed by atoms with E-state index in [9.17, 15) is 22.4 Å². The molecule has 0 unspecified atom stereocenters. The number of hydrogen-bond acceptors (Lipinski definition) is 4. The van der Waals surface area contributed by atoms with Crippen molar-refractivity contribution in [3.63, 3.8) is 0 Å². The Balaban J connectivity index is 2.39. The zero-order chi connectivity index (χ0) is 26.6. The molecule has 1 atom stereocenters. The molecule has 7 nitrogen and oxygen atoms in total. The number of sulfonamides is 1. The highest BCUT2D eigenvalue weighted by Gasteiger charge is 2.30. The first-order valence-corrected chi connectivity index (χ1v) is 13.4. The third-order valence-corrected chi connectivity index (χ3v) is 6.71. The lowest BCUT2D eigenvalue weighted by atomic mass is 9.87. The van der Waals surface area contributed by atoms with Crippen LogP contribution in [0.5, 0.6) is 0 Å². The minimum atomic E-state index is -3.80. The maximum atomic E-state index is 13.5. The predicted molar refractivity (Wildman–Crippen MR) is 137 cm³/mol. The van der Waals surface area contributed by atoms with Crippen LogP contribution in [0.4, 0.5) is 10.1 Å². The Morgan fingerprint density at radius 2 is 1.51 bits per heavy atom. The van der Waals surface area contributed by atoms with Gasteiger partial charge in [-0.25, -0.2) is 12.8 Å². The minimum Gasteiger partial charge on any atom is -0.352 e. The van der Waals surface area contributed by atoms with Crippen molar-refractivity contribution in [1.29, 1.82) is 0 Å². The van der Waals surface area contributed by atoms with E-state index in [-0.39, 0.29) is 23.9 Å². The summed E-state index contributed by atoms with van der Waals surface area (Å²) in [5.74, 6) is -1.33. The van der Waals surface area contributed by atoms with Crippen LogP contribution in [0.2, 0.25) is 0 Å². The second kappa shape index (κ2) is 11.2. The average molecular weight is 506 g/mol. The highest BCUT2D eigenvalue weighted by atomic mass is 32.2. The Bertz CT molecular complexity index is 1120. The van der Waals surface area contributed by atoms with E-state index in [0.29, 0.717) is 11.3 Å². The van der Waals surface area contributed by atoms with Crippen molar-refractivity contribution in [2.24, 2.45) is 0 Å². The maximum absolute atomic E-state index is 13.5. The van der Waals surface area contributed by atoms with Crippen LogP contribution in [0, 0.1) is 5.82 Å². The molecule has 0 saturated carbocycles. The minimum absolute atomic E-state index is 0.0202. The SMILES string of the molecule is CC(C)NC(=O)[C@@H](C)N(Cc1ccc(F)cc1)C(=O)CN(c1ccc(C(C)(C)C)cc1)S(C)(=O)=O. The van der Waals surface area contributed by atoms with Gasteiger partial charge in [0.1, 0.15) is 18.4 Å². The van der Waals surface area contributed by atoms with E-state index in [1.807, 2.05) is 26.0 Å². The Kier molecular flexibility index (Phi) is 9.06. The molecular formula is C26H36FN3O4S. The van der Waals surface area contributed by atoms with Crippen LogP contribution in [-0.4, -0.2) is 50.0 Å². The monoisotopic (exact) mass is 505 g/mol. The highest BCUT2D eigenvalue weighted by Crippen LogP contribution is 2.26. The van der Waals surface area contributed by atoms with E-state index in [4.69, 9.17) is 0 Å². The van der Waals surface area contributed by atoms with Gasteiger partial charge in [-0.15, -0.1) is 0 Å². The molecule has 0 spiro atoms. The molecule has 2 aromatic rings. The summed E-state index contributed by atoms with van der Waals surface area (Å²) in [4.78, 5) is 27.5. The number of anilines is 1. The van der Waals surface area contributed by atoms with Crippen molar-refractivity contribution < 1.29 is 22.4 Å². The first-order chi connectivity index (χ1) is 16.1. The van der Waals surface area contributed by atoms with Gasteiger partial charge in [0.15, 0.2) is 0 Å². The summed E-state index contributed by atoms with van der Waals surface area (Å²) in [6.07, 6.45) is 1.04. The van der Waals surface area contributed by atoms with Crippen molar-refractivity contribution in [1.82, 2.24) is 10.2 Å². The fourth-order valence-electron chi connectivity index (χ4n) is 3.52. The summed E-state index contributed by atoms with van der Waals surface area (Å²) in [6, 6.07) is 11.6. The molecule has 2 amide bonds. The van der Waals surface area contributed by atoms with Crippen LogP contribution in [0.15, 0.2) is 48.5 Å². The summed E-state index contributed by atoms with van der Waals surface area (Å²) in [5, 5.41) is 2.78. The lowest BCUT2D eigenvalue weighted by molar-refractivity contribution is -0.139. The Morgan fingerprint density at radius 1 is 0.971 bits per heavy atom. The molecule has 0 aromatic heterocycles. The Hall–Kier alpha value is -2.94. The van der Waals surface area contributed by atoms with Crippen molar-refractivity contribution >= 4 is 27.5 Å². The number of halogens is 1. The molecule has 0 aliphatic carbocycles. The van der Waals surface area contributed by atoms with Crippen LogP contribution < -0.4 is 9.62 Å². The number of amides is 2. The number of carbonyl (C=O) groups is 2. The number of benzene rings is 2. The standard InChI is InChI=1S/C26H36FN3O4S/c1-18(2)28-25(32)19(3)29(16-20-8-12-22(27)13-9-20)24(31)17-30(35(7,33)34)23-14-10-21(11-15-23)26(4,5)6/h8-15,18-19H,16-17H2,1-7H3,(H,28,32)/t19-/m1/s1. The average Bonchev–Trinajstić information content (AvgIpc) is 2.74. The van der Waals surface area contributed by atoms with Gasteiger partial charge in [-0.2, -0.15) is 0 Å². The first kappa shape index (κ1) is 28.3. The molecule has 0 saturated heterocycles. The van der Waals surface area contributed by atoms with E-state index in [0.717, 1.165) is 16.1 Å². The molecule has 0 heterocycles. The number of nitrogens with zero attached hydrogens (tertiary/aromatic N) is 2. The van der Waals surface area contributed by atoms with E-state index >= 15 is 0 Å². The molecular weight excluding hydrogens is 469 g/mol. The molecule has 0 bridgehead atoms. The molecule has 2 aromatic carbocycles. The number of nitrogens with one attached hydrogen (secondary N) is 1. The quantitative estimate of drug-likeness (QED) is 0.561. The highest BCUT2D eigenvalue weighted by molar-refractivity contribution is 7.92. The van der Waals surface area contributed by atoms with Gasteiger partial charge in [-0.3, -0.25) is 13.9 Å². The van der Waals surface area contributed by atoms with Gasteiger partial charge in [0.05, 0.1) is 11.9 Å². The van der Waals surface area contributed by atoms with Crippen LogP contribution in [0.1, 0.15) is 52.7 Å². The fraction of sp³-hybridized carbons (Fsp3) is 0.462. The summed E-state index contributed by atoms with van der Waals surface area (Å²) >= 11 is 0. The molecule has 9 heteroatoms. The summed E-state index contributed by atoms with van der Waals surface area (Å²) in [6.45, 7) is 10.9. The molecule has 0 aliphatic heterocycles. The van der Waals surface area contributed by atoms with Gasteiger partial charge in [-0.05, 0) is 61.6 Å². The smallest absolute Gasteiger partial charge is 0.244 e. The lowest BCUT2D eigenvalue weighted by Crippen LogP contribution is -2.52. The van der Waals surface area contributed by atoms with Gasteiger partial charge in [0.2, 0.25) is 21.8 Å². The van der Waals surface area contributed by atoms with Crippen LogP contribution in [0.25, 0.3) is 0 Å². The summed E-state index contributed by atoms with van der Waals surface area (Å²) in [5.41, 5.74) is 1.88. The van der Waals surface area contributed by atoms with Crippen molar-refractivity contribution in [2.75, 3.05) is 17.1 Å². The molecule has 0 radical (unpaired) electrons. The number of hydrogen-bond donors (Lipinski definition) is 1. The largest absolute Gasteiger partial charge is 0.352 e. The second-order valence-corrected chi connectivity index (χ2v) is 12.0. The normalized spacial score (nSPS) is 12.8. The number of rotatable bonds is 9. The molecule has 0 fully saturated rings. The van der Waals surface area contributed by atoms with E-state index < -0.39 is 34.3 Å². The van der Waals surface area contributed by atoms with E-state index in [2.05, 4.69) is 26.1 Å². The topological polar surface area (TPSA) is 86.8 Å². The van der Waals surface area contributed by atoms with Gasteiger partial charge in [0.25, 0.3) is 0 Å². The molecule has 2 rings (SSSR count). The van der Waals surface area contributed by atoms with Crippen molar-refractivity contribution in [2.45, 2.75) is 65.6 Å². The Labute approximate surface area is 208 Å². The molecule has 0 aliphatic rings. The van der Waals surface area contributed by atoms with E-state index in [1.54, 1.807) is 19.1 Å². The van der Waals surface area contributed by atoms with E-state index in [1.165, 1.54) is 29.2 Å². The van der Waals surface area contributed by atoms with Crippen LogP contribution in [-0.2, 0) is 31.6 Å². The third kappa shape index (κ3) is 8.06. The zero-order valence-electron chi connectivity index (χ0n) is 21.5. The second-order valence-electron chi connectivity index (χ2n) is 10.1. The fourth-order valence-corrected chi connectivity index (χ4v) is 4.37. The Morgan fingerprint density at radius 3 is 1.97 bits per heavy atom. The zero-order valence-corrected chi connectivity index (χ0v) is 22.3. The van der Waals surface area contributed by atoms with Gasteiger partial charge < -0.3 is 10.2 Å². The first-order valence-electron chi connectivity index (χ1n) is 11.5. The maximum Gasteiger partial charge on any atom is 0.244 e. The van der Waals surface area contributed by atoms with Crippen LogP contribution in [0.3, 0.4) is 0 Å². The molecule has 1 N–H and O–H groups in total. The lowest BCUT2D eigenvalue weighted by Gasteiger charge is -2.32. The predicted octanol–water partition coefficient (Wildman–Crippen LogP) is 3.83. The van der Waals surface area contributed by atoms with Crippen LogP contribution >= 0.6 is 0 Å². The molecule has 35 heavy (non-hydrogen) atoms. The van der Waals surface area contributed by atoms with Gasteiger partial charge >= 0.3 is 0 Å². The van der Waals surface area contributed by atoms with Crippen molar-refractivity contribution in [3.8, 4) is 0 Å². The van der Waals surface area contributed by atoms with Gasteiger partial charge in [-0.1, -0.05) is 45.0 Å².